The van der Waals surface area contributed by atoms with Gasteiger partial charge in [0.05, 0.1) is 13.7 Å². The first-order valence-electron chi connectivity index (χ1n) is 7.68. The van der Waals surface area contributed by atoms with Gasteiger partial charge in [-0.25, -0.2) is 4.79 Å². The van der Waals surface area contributed by atoms with E-state index in [0.29, 0.717) is 12.5 Å². The smallest absolute Gasteiger partial charge is 0.330 e. The van der Waals surface area contributed by atoms with Crippen molar-refractivity contribution in [1.82, 2.24) is 0 Å². The topological polar surface area (TPSA) is 35.5 Å². The SMILES string of the molecule is CCCC[C@H](CC)COC(=O)/C=C/c1ccc(OC)cc1. The van der Waals surface area contributed by atoms with Crippen LogP contribution >= 0.6 is 0 Å². The second-order valence-corrected chi connectivity index (χ2v) is 5.15. The molecule has 3 heteroatoms. The normalized spacial score (nSPS) is 12.3. The van der Waals surface area contributed by atoms with Crippen LogP contribution < -0.4 is 4.74 Å². The van der Waals surface area contributed by atoms with Gasteiger partial charge in [0, 0.05) is 6.08 Å². The molecule has 0 aliphatic rings. The number of carbonyl (C=O) groups is 1. The monoisotopic (exact) mass is 290 g/mol. The summed E-state index contributed by atoms with van der Waals surface area (Å²) in [7, 11) is 1.63. The van der Waals surface area contributed by atoms with E-state index in [1.807, 2.05) is 24.3 Å². The fraction of sp³-hybridized carbons (Fsp3) is 0.500. The highest BCUT2D eigenvalue weighted by Crippen LogP contribution is 2.14. The van der Waals surface area contributed by atoms with E-state index < -0.39 is 0 Å². The molecule has 1 aromatic rings. The summed E-state index contributed by atoms with van der Waals surface area (Å²) in [5.74, 6) is 1.00. The Morgan fingerprint density at radius 1 is 1.24 bits per heavy atom. The van der Waals surface area contributed by atoms with E-state index in [-0.39, 0.29) is 5.97 Å². The number of methoxy groups -OCH3 is 1. The van der Waals surface area contributed by atoms with Crippen molar-refractivity contribution in [2.75, 3.05) is 13.7 Å². The van der Waals surface area contributed by atoms with Crippen LogP contribution in [0.15, 0.2) is 30.3 Å². The zero-order chi connectivity index (χ0) is 15.5. The molecule has 21 heavy (non-hydrogen) atoms. The Morgan fingerprint density at radius 2 is 1.95 bits per heavy atom. The summed E-state index contributed by atoms with van der Waals surface area (Å²) in [6.45, 7) is 4.83. The Labute approximate surface area is 128 Å². The van der Waals surface area contributed by atoms with E-state index in [2.05, 4.69) is 13.8 Å². The molecule has 0 N–H and O–H groups in total. The molecule has 0 spiro atoms. The second-order valence-electron chi connectivity index (χ2n) is 5.15. The van der Waals surface area contributed by atoms with Gasteiger partial charge in [0.2, 0.25) is 0 Å². The molecule has 1 rings (SSSR count). The maximum Gasteiger partial charge on any atom is 0.330 e. The van der Waals surface area contributed by atoms with Crippen molar-refractivity contribution in [3.8, 4) is 5.75 Å². The third-order valence-electron chi connectivity index (χ3n) is 3.53. The fourth-order valence-electron chi connectivity index (χ4n) is 2.03. The van der Waals surface area contributed by atoms with Gasteiger partial charge in [0.1, 0.15) is 5.75 Å². The predicted octanol–water partition coefficient (Wildman–Crippen LogP) is 4.47. The summed E-state index contributed by atoms with van der Waals surface area (Å²) in [5.41, 5.74) is 0.950. The van der Waals surface area contributed by atoms with Gasteiger partial charge in [-0.15, -0.1) is 0 Å². The lowest BCUT2D eigenvalue weighted by molar-refractivity contribution is -0.139. The van der Waals surface area contributed by atoms with Crippen molar-refractivity contribution < 1.29 is 14.3 Å². The Kier molecular flexibility index (Phi) is 8.25. The molecule has 3 nitrogen and oxygen atoms in total. The number of benzene rings is 1. The first-order valence-corrected chi connectivity index (χ1v) is 7.68. The molecular weight excluding hydrogens is 264 g/mol. The molecule has 0 saturated carbocycles. The van der Waals surface area contributed by atoms with E-state index in [4.69, 9.17) is 9.47 Å². The van der Waals surface area contributed by atoms with Gasteiger partial charge >= 0.3 is 5.97 Å². The Hall–Kier alpha value is -1.77. The van der Waals surface area contributed by atoms with Gasteiger partial charge in [0.25, 0.3) is 0 Å². The molecular formula is C18H26O3. The largest absolute Gasteiger partial charge is 0.497 e. The molecule has 0 fully saturated rings. The van der Waals surface area contributed by atoms with Crippen molar-refractivity contribution in [1.29, 1.82) is 0 Å². The van der Waals surface area contributed by atoms with Gasteiger partial charge in [-0.2, -0.15) is 0 Å². The standard InChI is InChI=1S/C18H26O3/c1-4-6-7-15(5-2)14-21-18(19)13-10-16-8-11-17(20-3)12-9-16/h8-13,15H,4-7,14H2,1-3H3/b13-10+/t15-/m0/s1. The minimum Gasteiger partial charge on any atom is -0.497 e. The number of rotatable bonds is 9. The quantitative estimate of drug-likeness (QED) is 0.497. The van der Waals surface area contributed by atoms with Crippen molar-refractivity contribution in [2.45, 2.75) is 39.5 Å². The van der Waals surface area contributed by atoms with Crippen LogP contribution in [0.1, 0.15) is 45.1 Å². The third kappa shape index (κ3) is 6.98. The van der Waals surface area contributed by atoms with Gasteiger partial charge in [-0.1, -0.05) is 45.2 Å². The number of ether oxygens (including phenoxy) is 2. The van der Waals surface area contributed by atoms with Crippen LogP contribution in [-0.4, -0.2) is 19.7 Å². The summed E-state index contributed by atoms with van der Waals surface area (Å²) >= 11 is 0. The zero-order valence-electron chi connectivity index (χ0n) is 13.3. The predicted molar refractivity (Wildman–Crippen MR) is 86.3 cm³/mol. The van der Waals surface area contributed by atoms with Crippen molar-refractivity contribution in [3.05, 3.63) is 35.9 Å². The van der Waals surface area contributed by atoms with Crippen LogP contribution in [0, 0.1) is 5.92 Å². The number of esters is 1. The lowest BCUT2D eigenvalue weighted by atomic mass is 10.0. The van der Waals surface area contributed by atoms with E-state index in [0.717, 1.165) is 24.2 Å². The van der Waals surface area contributed by atoms with Crippen LogP contribution in [0.3, 0.4) is 0 Å². The van der Waals surface area contributed by atoms with E-state index in [9.17, 15) is 4.79 Å². The summed E-state index contributed by atoms with van der Waals surface area (Å²) in [6, 6.07) is 7.53. The highest BCUT2D eigenvalue weighted by atomic mass is 16.5. The van der Waals surface area contributed by atoms with Crippen molar-refractivity contribution in [2.24, 2.45) is 5.92 Å². The molecule has 0 aliphatic carbocycles. The Bertz CT molecular complexity index is 434. The molecule has 116 valence electrons. The average molecular weight is 290 g/mol. The number of hydrogen-bond acceptors (Lipinski definition) is 3. The van der Waals surface area contributed by atoms with Crippen LogP contribution in [0.25, 0.3) is 6.08 Å². The minimum atomic E-state index is -0.277. The summed E-state index contributed by atoms with van der Waals surface area (Å²) in [6.07, 6.45) is 7.79. The fourth-order valence-corrected chi connectivity index (χ4v) is 2.03. The number of hydrogen-bond donors (Lipinski definition) is 0. The number of carbonyl (C=O) groups excluding carboxylic acids is 1. The molecule has 0 unspecified atom stereocenters. The second kappa shape index (κ2) is 10.0. The van der Waals surface area contributed by atoms with Crippen molar-refractivity contribution in [3.63, 3.8) is 0 Å². The highest BCUT2D eigenvalue weighted by Gasteiger charge is 2.08. The van der Waals surface area contributed by atoms with Crippen LogP contribution in [-0.2, 0) is 9.53 Å². The lowest BCUT2D eigenvalue weighted by Gasteiger charge is -2.13. The molecule has 1 aromatic carbocycles. The van der Waals surface area contributed by atoms with Gasteiger partial charge in [0.15, 0.2) is 0 Å². The van der Waals surface area contributed by atoms with Crippen LogP contribution in [0.4, 0.5) is 0 Å². The van der Waals surface area contributed by atoms with Gasteiger partial charge in [-0.3, -0.25) is 0 Å². The van der Waals surface area contributed by atoms with Crippen LogP contribution in [0.5, 0.6) is 5.75 Å². The molecule has 0 heterocycles. The van der Waals surface area contributed by atoms with E-state index in [1.54, 1.807) is 13.2 Å². The molecule has 0 saturated heterocycles. The molecule has 0 radical (unpaired) electrons. The first kappa shape index (κ1) is 17.3. The lowest BCUT2D eigenvalue weighted by Crippen LogP contribution is -2.12. The molecule has 0 aromatic heterocycles. The maximum absolute atomic E-state index is 11.7. The average Bonchev–Trinajstić information content (AvgIpc) is 2.53. The molecule has 0 aliphatic heterocycles. The molecule has 1 atom stereocenters. The minimum absolute atomic E-state index is 0.277. The summed E-state index contributed by atoms with van der Waals surface area (Å²) < 4.78 is 10.4. The summed E-state index contributed by atoms with van der Waals surface area (Å²) in [4.78, 5) is 11.7. The highest BCUT2D eigenvalue weighted by molar-refractivity contribution is 5.87. The van der Waals surface area contributed by atoms with Crippen molar-refractivity contribution >= 4 is 12.0 Å². The third-order valence-corrected chi connectivity index (χ3v) is 3.53. The van der Waals surface area contributed by atoms with E-state index >= 15 is 0 Å². The maximum atomic E-state index is 11.7. The zero-order valence-corrected chi connectivity index (χ0v) is 13.3. The molecule has 0 bridgehead atoms. The van der Waals surface area contributed by atoms with Crippen LogP contribution in [0.2, 0.25) is 0 Å². The summed E-state index contributed by atoms with van der Waals surface area (Å²) in [5, 5.41) is 0. The molecule has 0 amide bonds. The van der Waals surface area contributed by atoms with E-state index in [1.165, 1.54) is 18.9 Å². The first-order chi connectivity index (χ1) is 10.2. The van der Waals surface area contributed by atoms with Gasteiger partial charge in [-0.05, 0) is 36.1 Å². The van der Waals surface area contributed by atoms with Gasteiger partial charge < -0.3 is 9.47 Å². The number of unbranched alkanes of at least 4 members (excludes halogenated alkanes) is 1. The Morgan fingerprint density at radius 3 is 2.52 bits per heavy atom. The Balaban J connectivity index is 2.39.